The summed E-state index contributed by atoms with van der Waals surface area (Å²) in [5.41, 5.74) is 2.87. The van der Waals surface area contributed by atoms with Crippen LogP contribution in [-0.2, 0) is 0 Å². The molecule has 5 nitrogen and oxygen atoms in total. The predicted molar refractivity (Wildman–Crippen MR) is 91.4 cm³/mol. The second-order valence-electron chi connectivity index (χ2n) is 6.16. The Bertz CT molecular complexity index is 838. The van der Waals surface area contributed by atoms with Crippen molar-refractivity contribution in [1.29, 1.82) is 0 Å². The summed E-state index contributed by atoms with van der Waals surface area (Å²) in [4.78, 5) is 37.3. The summed E-state index contributed by atoms with van der Waals surface area (Å²) in [5, 5.41) is 2.77. The highest BCUT2D eigenvalue weighted by Crippen LogP contribution is 2.25. The first-order chi connectivity index (χ1) is 11.4. The van der Waals surface area contributed by atoms with Gasteiger partial charge in [0.15, 0.2) is 0 Å². The molecule has 1 aliphatic heterocycles. The number of carbonyl (C=O) groups is 3. The van der Waals surface area contributed by atoms with Gasteiger partial charge in [0.05, 0.1) is 11.1 Å². The van der Waals surface area contributed by atoms with Crippen LogP contribution in [0.15, 0.2) is 42.5 Å². The first kappa shape index (κ1) is 15.9. The van der Waals surface area contributed by atoms with Crippen LogP contribution in [0, 0.1) is 0 Å². The number of anilines is 1. The quantitative estimate of drug-likeness (QED) is 0.882. The Morgan fingerprint density at radius 2 is 1.58 bits per heavy atom. The molecule has 0 unspecified atom stereocenters. The third-order valence-electron chi connectivity index (χ3n) is 4.19. The van der Waals surface area contributed by atoms with E-state index in [1.807, 2.05) is 12.1 Å². The van der Waals surface area contributed by atoms with Gasteiger partial charge in [-0.25, -0.2) is 0 Å². The topological polar surface area (TPSA) is 66.5 Å². The van der Waals surface area contributed by atoms with Gasteiger partial charge < -0.3 is 5.32 Å². The van der Waals surface area contributed by atoms with Gasteiger partial charge >= 0.3 is 0 Å². The molecule has 0 aliphatic carbocycles. The van der Waals surface area contributed by atoms with Crippen molar-refractivity contribution in [2.75, 3.05) is 12.4 Å². The minimum atomic E-state index is -0.354. The lowest BCUT2D eigenvalue weighted by molar-refractivity contribution is 0.0692. The first-order valence-electron chi connectivity index (χ1n) is 7.76. The summed E-state index contributed by atoms with van der Waals surface area (Å²) in [6.45, 7) is 4.18. The highest BCUT2D eigenvalue weighted by molar-refractivity contribution is 6.21. The Labute approximate surface area is 140 Å². The molecule has 0 saturated carbocycles. The zero-order valence-electron chi connectivity index (χ0n) is 13.8. The lowest BCUT2D eigenvalue weighted by Gasteiger charge is -2.08. The minimum absolute atomic E-state index is 0.254. The Balaban J connectivity index is 1.81. The molecule has 0 aromatic heterocycles. The lowest BCUT2D eigenvalue weighted by Crippen LogP contribution is -2.24. The van der Waals surface area contributed by atoms with Crippen molar-refractivity contribution in [2.45, 2.75) is 19.8 Å². The molecule has 0 fully saturated rings. The van der Waals surface area contributed by atoms with Gasteiger partial charge in [0, 0.05) is 18.3 Å². The Morgan fingerprint density at radius 3 is 2.21 bits per heavy atom. The van der Waals surface area contributed by atoms with Crippen LogP contribution in [0.25, 0.3) is 0 Å². The van der Waals surface area contributed by atoms with Gasteiger partial charge in [-0.1, -0.05) is 26.0 Å². The van der Waals surface area contributed by atoms with E-state index in [4.69, 9.17) is 0 Å². The van der Waals surface area contributed by atoms with E-state index in [0.29, 0.717) is 28.3 Å². The number of amides is 3. The van der Waals surface area contributed by atoms with E-state index in [0.717, 1.165) is 10.5 Å². The highest BCUT2D eigenvalue weighted by atomic mass is 16.2. The lowest BCUT2D eigenvalue weighted by atomic mass is 10.0. The van der Waals surface area contributed by atoms with Gasteiger partial charge in [-0.3, -0.25) is 19.3 Å². The number of carbonyl (C=O) groups excluding carboxylic acids is 3. The standard InChI is InChI=1S/C19H18N2O3/c1-11(2)12-4-6-13(7-5-12)17(22)20-14-8-9-15-16(10-14)19(24)21(3)18(15)23/h4-11H,1-3H3,(H,20,22). The summed E-state index contributed by atoms with van der Waals surface area (Å²) >= 11 is 0. The molecule has 0 spiro atoms. The molecule has 2 aromatic rings. The third kappa shape index (κ3) is 2.69. The number of fused-ring (bicyclic) bond motifs is 1. The fraction of sp³-hybridized carbons (Fsp3) is 0.211. The summed E-state index contributed by atoms with van der Waals surface area (Å²) in [6, 6.07) is 12.2. The van der Waals surface area contributed by atoms with Gasteiger partial charge in [0.2, 0.25) is 0 Å². The summed E-state index contributed by atoms with van der Waals surface area (Å²) in [5.74, 6) is -0.528. The molecule has 24 heavy (non-hydrogen) atoms. The molecule has 122 valence electrons. The SMILES string of the molecule is CC(C)c1ccc(C(=O)Nc2ccc3c(c2)C(=O)N(C)C3=O)cc1. The second-order valence-corrected chi connectivity index (χ2v) is 6.16. The van der Waals surface area contributed by atoms with E-state index in [1.165, 1.54) is 7.05 Å². The van der Waals surface area contributed by atoms with Gasteiger partial charge in [0.25, 0.3) is 17.7 Å². The van der Waals surface area contributed by atoms with Crippen LogP contribution >= 0.6 is 0 Å². The average molecular weight is 322 g/mol. The molecule has 3 rings (SSSR count). The Kier molecular flexibility index (Phi) is 3.93. The first-order valence-corrected chi connectivity index (χ1v) is 7.76. The van der Waals surface area contributed by atoms with Crippen LogP contribution in [0.1, 0.15) is 56.4 Å². The van der Waals surface area contributed by atoms with E-state index in [9.17, 15) is 14.4 Å². The molecule has 5 heteroatoms. The molecule has 3 amide bonds. The van der Waals surface area contributed by atoms with Crippen molar-refractivity contribution in [3.05, 3.63) is 64.7 Å². The monoisotopic (exact) mass is 322 g/mol. The van der Waals surface area contributed by atoms with Crippen molar-refractivity contribution < 1.29 is 14.4 Å². The van der Waals surface area contributed by atoms with Gasteiger partial charge in [-0.2, -0.15) is 0 Å². The predicted octanol–water partition coefficient (Wildman–Crippen LogP) is 3.29. The Hall–Kier alpha value is -2.95. The number of nitrogens with zero attached hydrogens (tertiary/aromatic N) is 1. The van der Waals surface area contributed by atoms with E-state index in [2.05, 4.69) is 19.2 Å². The van der Waals surface area contributed by atoms with Gasteiger partial charge in [-0.05, 0) is 41.8 Å². The van der Waals surface area contributed by atoms with Crippen LogP contribution in [0.2, 0.25) is 0 Å². The Morgan fingerprint density at radius 1 is 0.958 bits per heavy atom. The number of hydrogen-bond donors (Lipinski definition) is 1. The minimum Gasteiger partial charge on any atom is -0.322 e. The smallest absolute Gasteiger partial charge is 0.261 e. The van der Waals surface area contributed by atoms with E-state index >= 15 is 0 Å². The number of benzene rings is 2. The van der Waals surface area contributed by atoms with Crippen LogP contribution in [-0.4, -0.2) is 29.7 Å². The van der Waals surface area contributed by atoms with Gasteiger partial charge in [0.1, 0.15) is 0 Å². The number of nitrogens with one attached hydrogen (secondary N) is 1. The molecule has 1 heterocycles. The molecule has 0 bridgehead atoms. The van der Waals surface area contributed by atoms with Crippen molar-refractivity contribution in [2.24, 2.45) is 0 Å². The molecular formula is C19H18N2O3. The third-order valence-corrected chi connectivity index (χ3v) is 4.19. The van der Waals surface area contributed by atoms with E-state index in [1.54, 1.807) is 30.3 Å². The molecule has 0 atom stereocenters. The summed E-state index contributed by atoms with van der Waals surface area (Å²) in [7, 11) is 1.44. The number of imide groups is 1. The second kappa shape index (κ2) is 5.92. The van der Waals surface area contributed by atoms with Crippen LogP contribution in [0.3, 0.4) is 0 Å². The molecule has 0 saturated heterocycles. The van der Waals surface area contributed by atoms with Crippen LogP contribution in [0.4, 0.5) is 5.69 Å². The maximum atomic E-state index is 12.3. The molecule has 0 radical (unpaired) electrons. The largest absolute Gasteiger partial charge is 0.322 e. The zero-order chi connectivity index (χ0) is 17.4. The number of rotatable bonds is 3. The van der Waals surface area contributed by atoms with E-state index in [-0.39, 0.29) is 17.7 Å². The van der Waals surface area contributed by atoms with Crippen molar-refractivity contribution in [3.8, 4) is 0 Å². The van der Waals surface area contributed by atoms with Crippen LogP contribution < -0.4 is 5.32 Å². The number of hydrogen-bond acceptors (Lipinski definition) is 3. The maximum absolute atomic E-state index is 12.3. The highest BCUT2D eigenvalue weighted by Gasteiger charge is 2.32. The molecule has 1 N–H and O–H groups in total. The van der Waals surface area contributed by atoms with Crippen molar-refractivity contribution in [3.63, 3.8) is 0 Å². The summed E-state index contributed by atoms with van der Waals surface area (Å²) < 4.78 is 0. The molecule has 2 aromatic carbocycles. The molecular weight excluding hydrogens is 304 g/mol. The molecule has 1 aliphatic rings. The fourth-order valence-corrected chi connectivity index (χ4v) is 2.66. The van der Waals surface area contributed by atoms with Crippen molar-refractivity contribution >= 4 is 23.4 Å². The van der Waals surface area contributed by atoms with Gasteiger partial charge in [-0.15, -0.1) is 0 Å². The van der Waals surface area contributed by atoms with E-state index < -0.39 is 0 Å². The maximum Gasteiger partial charge on any atom is 0.261 e. The average Bonchev–Trinajstić information content (AvgIpc) is 2.79. The zero-order valence-corrected chi connectivity index (χ0v) is 13.8. The van der Waals surface area contributed by atoms with Crippen LogP contribution in [0.5, 0.6) is 0 Å². The van der Waals surface area contributed by atoms with Crippen molar-refractivity contribution in [1.82, 2.24) is 4.90 Å². The fourth-order valence-electron chi connectivity index (χ4n) is 2.66. The normalized spacial score (nSPS) is 13.4. The summed E-state index contributed by atoms with van der Waals surface area (Å²) in [6.07, 6.45) is 0.